The normalized spacial score (nSPS) is 10.4. The summed E-state index contributed by atoms with van der Waals surface area (Å²) in [5.74, 6) is -0.0763. The van der Waals surface area contributed by atoms with E-state index < -0.39 is 11.1 Å². The molecule has 0 bridgehead atoms. The minimum Gasteiger partial charge on any atom is -0.384 e. The Labute approximate surface area is 111 Å². The monoisotopic (exact) mass is 278 g/mol. The number of nitrogen functional groups attached to an aromatic ring is 1. The third-order valence-electron chi connectivity index (χ3n) is 2.19. The third kappa shape index (κ3) is 2.88. The summed E-state index contributed by atoms with van der Waals surface area (Å²) < 4.78 is 1.33. The maximum atomic E-state index is 11.2. The topological polar surface area (TPSA) is 131 Å². The number of H-pyrrole nitrogens is 1. The lowest BCUT2D eigenvalue weighted by Crippen LogP contribution is -2.33. The van der Waals surface area contributed by atoms with Crippen LogP contribution >= 0.6 is 11.8 Å². The van der Waals surface area contributed by atoms with Gasteiger partial charge in [-0.15, -0.1) is 0 Å². The Kier molecular flexibility index (Phi) is 3.47. The molecule has 0 aliphatic carbocycles. The van der Waals surface area contributed by atoms with Crippen molar-refractivity contribution in [2.24, 2.45) is 12.8 Å². The Morgan fingerprint density at radius 3 is 2.95 bits per heavy atom. The Balaban J connectivity index is 2.39. The molecule has 0 aliphatic heterocycles. The van der Waals surface area contributed by atoms with Gasteiger partial charge in [0.2, 0.25) is 0 Å². The summed E-state index contributed by atoms with van der Waals surface area (Å²) in [5, 5.41) is 10.5. The first-order valence-corrected chi connectivity index (χ1v) is 5.94. The molecule has 0 aliphatic rings. The number of hydrogen-bond acceptors (Lipinski definition) is 6. The fourth-order valence-corrected chi connectivity index (χ4v) is 2.08. The predicted molar refractivity (Wildman–Crippen MR) is 69.5 cm³/mol. The summed E-state index contributed by atoms with van der Waals surface area (Å²) in [4.78, 5) is 30.0. The average molecular weight is 278 g/mol. The van der Waals surface area contributed by atoms with Gasteiger partial charge in [0.05, 0.1) is 0 Å². The van der Waals surface area contributed by atoms with Gasteiger partial charge in [-0.05, 0) is 23.9 Å². The van der Waals surface area contributed by atoms with E-state index >= 15 is 0 Å². The van der Waals surface area contributed by atoms with E-state index in [0.717, 1.165) is 11.8 Å². The summed E-state index contributed by atoms with van der Waals surface area (Å²) in [5.41, 5.74) is 4.26. The van der Waals surface area contributed by atoms with Gasteiger partial charge in [-0.1, -0.05) is 0 Å². The molecule has 2 aromatic heterocycles. The average Bonchev–Trinajstić information content (AvgIpc) is 2.36. The minimum atomic E-state index is -0.858. The zero-order chi connectivity index (χ0) is 14.0. The van der Waals surface area contributed by atoms with Crippen LogP contribution in [0.5, 0.6) is 0 Å². The molecule has 2 rings (SSSR count). The van der Waals surface area contributed by atoms with Gasteiger partial charge in [-0.2, -0.15) is 4.98 Å². The van der Waals surface area contributed by atoms with Crippen molar-refractivity contribution in [3.8, 4) is 0 Å². The van der Waals surface area contributed by atoms with Crippen LogP contribution in [0, 0.1) is 5.41 Å². The van der Waals surface area contributed by atoms with E-state index in [-0.39, 0.29) is 11.0 Å². The standard InChI is InChI=1S/C10H10N6O2S/c1-16-10(14-8(17)9(18)15-16)19-6-4-5(7(11)12)2-3-13-6/h2-4H,1H3,(H3,11,12)(H,15,18). The van der Waals surface area contributed by atoms with E-state index in [9.17, 15) is 9.59 Å². The van der Waals surface area contributed by atoms with Crippen LogP contribution in [0.2, 0.25) is 0 Å². The second-order valence-corrected chi connectivity index (χ2v) is 4.59. The lowest BCUT2D eigenvalue weighted by molar-refractivity contribution is 0.596. The largest absolute Gasteiger partial charge is 0.384 e. The van der Waals surface area contributed by atoms with Crippen molar-refractivity contribution < 1.29 is 0 Å². The Morgan fingerprint density at radius 1 is 1.53 bits per heavy atom. The van der Waals surface area contributed by atoms with Gasteiger partial charge in [0.15, 0.2) is 5.16 Å². The van der Waals surface area contributed by atoms with Gasteiger partial charge < -0.3 is 5.73 Å². The van der Waals surface area contributed by atoms with E-state index in [1.54, 1.807) is 19.2 Å². The molecule has 8 nitrogen and oxygen atoms in total. The van der Waals surface area contributed by atoms with Crippen molar-refractivity contribution >= 4 is 17.6 Å². The number of aryl methyl sites for hydroxylation is 1. The summed E-state index contributed by atoms with van der Waals surface area (Å²) in [7, 11) is 1.56. The summed E-state index contributed by atoms with van der Waals surface area (Å²) in [6.07, 6.45) is 1.50. The highest BCUT2D eigenvalue weighted by Crippen LogP contribution is 2.22. The summed E-state index contributed by atoms with van der Waals surface area (Å²) in [6, 6.07) is 3.20. The van der Waals surface area contributed by atoms with Crippen molar-refractivity contribution in [3.63, 3.8) is 0 Å². The molecule has 0 aromatic carbocycles. The highest BCUT2D eigenvalue weighted by atomic mass is 32.2. The molecule has 0 saturated heterocycles. The zero-order valence-corrected chi connectivity index (χ0v) is 10.7. The van der Waals surface area contributed by atoms with Gasteiger partial charge in [-0.25, -0.2) is 4.98 Å². The lowest BCUT2D eigenvalue weighted by Gasteiger charge is -2.06. The highest BCUT2D eigenvalue weighted by molar-refractivity contribution is 7.99. The van der Waals surface area contributed by atoms with Crippen LogP contribution in [-0.4, -0.2) is 25.6 Å². The van der Waals surface area contributed by atoms with Crippen LogP contribution in [0.1, 0.15) is 5.56 Å². The van der Waals surface area contributed by atoms with Crippen LogP contribution in [-0.2, 0) is 7.05 Å². The van der Waals surface area contributed by atoms with Crippen LogP contribution in [0.3, 0.4) is 0 Å². The molecule has 4 N–H and O–H groups in total. The third-order valence-corrected chi connectivity index (χ3v) is 3.17. The molecule has 0 amide bonds. The number of nitrogens with zero attached hydrogens (tertiary/aromatic N) is 3. The second kappa shape index (κ2) is 5.06. The maximum absolute atomic E-state index is 11.2. The van der Waals surface area contributed by atoms with Crippen LogP contribution in [0.15, 0.2) is 38.1 Å². The number of hydrogen-bond donors (Lipinski definition) is 3. The Hall–Kier alpha value is -2.42. The molecule has 2 aromatic rings. The van der Waals surface area contributed by atoms with Crippen LogP contribution in [0.4, 0.5) is 0 Å². The number of nitrogens with two attached hydrogens (primary N) is 1. The van der Waals surface area contributed by atoms with Crippen molar-refractivity contribution in [2.75, 3.05) is 0 Å². The number of rotatable bonds is 3. The van der Waals surface area contributed by atoms with Gasteiger partial charge in [-0.3, -0.25) is 24.8 Å². The molecule has 0 atom stereocenters. The molecule has 0 saturated carbocycles. The smallest absolute Gasteiger partial charge is 0.339 e. The van der Waals surface area contributed by atoms with E-state index in [1.807, 2.05) is 0 Å². The molecule has 0 radical (unpaired) electrons. The highest BCUT2D eigenvalue weighted by Gasteiger charge is 2.08. The number of pyridine rings is 1. The quantitative estimate of drug-likeness (QED) is 0.386. The summed E-state index contributed by atoms with van der Waals surface area (Å²) in [6.45, 7) is 0. The minimum absolute atomic E-state index is 0.0763. The second-order valence-electron chi connectivity index (χ2n) is 3.60. The molecule has 9 heteroatoms. The lowest BCUT2D eigenvalue weighted by atomic mass is 10.2. The first-order valence-electron chi connectivity index (χ1n) is 5.13. The first-order chi connectivity index (χ1) is 8.97. The van der Waals surface area contributed by atoms with Crippen molar-refractivity contribution in [1.82, 2.24) is 19.7 Å². The van der Waals surface area contributed by atoms with Crippen LogP contribution in [0.25, 0.3) is 0 Å². The van der Waals surface area contributed by atoms with Crippen molar-refractivity contribution in [1.29, 1.82) is 5.41 Å². The predicted octanol–water partition coefficient (Wildman–Crippen LogP) is -0.701. The number of aromatic nitrogens is 4. The molecule has 0 unspecified atom stereocenters. The molecule has 2 heterocycles. The fourth-order valence-electron chi connectivity index (χ4n) is 1.28. The molecular weight excluding hydrogens is 268 g/mol. The molecule has 19 heavy (non-hydrogen) atoms. The van der Waals surface area contributed by atoms with Gasteiger partial charge in [0.25, 0.3) is 0 Å². The molecular formula is C10H10N6O2S. The van der Waals surface area contributed by atoms with E-state index in [4.69, 9.17) is 11.1 Å². The maximum Gasteiger partial charge on any atom is 0.339 e. The van der Waals surface area contributed by atoms with E-state index in [2.05, 4.69) is 15.1 Å². The van der Waals surface area contributed by atoms with Crippen LogP contribution < -0.4 is 16.9 Å². The van der Waals surface area contributed by atoms with Crippen molar-refractivity contribution in [3.05, 3.63) is 44.6 Å². The number of aromatic amines is 1. The van der Waals surface area contributed by atoms with Gasteiger partial charge >= 0.3 is 11.1 Å². The molecule has 0 fully saturated rings. The van der Waals surface area contributed by atoms with E-state index in [0.29, 0.717) is 10.6 Å². The molecule has 98 valence electrons. The van der Waals surface area contributed by atoms with Crippen molar-refractivity contribution in [2.45, 2.75) is 10.2 Å². The molecule has 0 spiro atoms. The van der Waals surface area contributed by atoms with E-state index in [1.165, 1.54) is 10.9 Å². The Morgan fingerprint density at radius 2 is 2.26 bits per heavy atom. The number of nitrogens with one attached hydrogen (secondary N) is 2. The summed E-state index contributed by atoms with van der Waals surface area (Å²) >= 11 is 1.09. The fraction of sp³-hybridized carbons (Fsp3) is 0.100. The SMILES string of the molecule is Cn1[nH]c(=O)c(=O)nc1Sc1cc(C(=N)N)ccn1. The number of amidine groups is 1. The van der Waals surface area contributed by atoms with Gasteiger partial charge in [0.1, 0.15) is 10.9 Å². The van der Waals surface area contributed by atoms with Gasteiger partial charge in [0, 0.05) is 18.8 Å². The zero-order valence-electron chi connectivity index (χ0n) is 9.88. The Bertz CT molecular complexity index is 750. The first kappa shape index (κ1) is 13.0.